The maximum absolute atomic E-state index is 14.8. The van der Waals surface area contributed by atoms with Crippen molar-refractivity contribution < 1.29 is 36.6 Å². The van der Waals surface area contributed by atoms with Crippen molar-refractivity contribution in [2.24, 2.45) is 0 Å². The molecular formula is C24H14F5NO3. The van der Waals surface area contributed by atoms with Gasteiger partial charge in [0.2, 0.25) is 0 Å². The summed E-state index contributed by atoms with van der Waals surface area (Å²) >= 11 is 0. The molecule has 1 heterocycles. The van der Waals surface area contributed by atoms with Gasteiger partial charge < -0.3 is 5.11 Å². The van der Waals surface area contributed by atoms with Crippen LogP contribution >= 0.6 is 0 Å². The number of hydrogen-bond donors (Lipinski definition) is 1. The number of Topliss-reactive ketones (excluding diaryl/α,β-unsaturated/α-hetero) is 1. The molecule has 1 aliphatic heterocycles. The van der Waals surface area contributed by atoms with E-state index in [1.165, 1.54) is 24.3 Å². The van der Waals surface area contributed by atoms with Gasteiger partial charge in [-0.2, -0.15) is 13.2 Å². The van der Waals surface area contributed by atoms with Crippen LogP contribution in [-0.2, 0) is 15.8 Å². The van der Waals surface area contributed by atoms with Gasteiger partial charge in [-0.25, -0.2) is 8.78 Å². The lowest BCUT2D eigenvalue weighted by Crippen LogP contribution is -2.30. The van der Waals surface area contributed by atoms with Crippen LogP contribution in [0.25, 0.3) is 5.76 Å². The van der Waals surface area contributed by atoms with Crippen LogP contribution in [0, 0.1) is 11.6 Å². The summed E-state index contributed by atoms with van der Waals surface area (Å²) in [5, 5.41) is 10.8. The van der Waals surface area contributed by atoms with E-state index in [9.17, 15) is 36.6 Å². The molecule has 9 heteroatoms. The molecule has 168 valence electrons. The third-order valence-corrected chi connectivity index (χ3v) is 5.21. The molecule has 1 N–H and O–H groups in total. The normalized spacial score (nSPS) is 18.1. The summed E-state index contributed by atoms with van der Waals surface area (Å²) in [5.74, 6) is -4.64. The highest BCUT2D eigenvalue weighted by molar-refractivity contribution is 6.51. The lowest BCUT2D eigenvalue weighted by atomic mass is 9.94. The maximum atomic E-state index is 14.8. The first-order valence-corrected chi connectivity index (χ1v) is 9.58. The van der Waals surface area contributed by atoms with Crippen molar-refractivity contribution in [3.63, 3.8) is 0 Å². The van der Waals surface area contributed by atoms with Crippen molar-refractivity contribution in [2.45, 2.75) is 12.2 Å². The quantitative estimate of drug-likeness (QED) is 0.240. The average Bonchev–Trinajstić information content (AvgIpc) is 3.04. The summed E-state index contributed by atoms with van der Waals surface area (Å²) in [6.07, 6.45) is -4.73. The Hall–Kier alpha value is -4.01. The summed E-state index contributed by atoms with van der Waals surface area (Å²) in [4.78, 5) is 26.6. The number of anilines is 1. The van der Waals surface area contributed by atoms with Crippen molar-refractivity contribution in [3.8, 4) is 0 Å². The molecule has 0 unspecified atom stereocenters. The summed E-state index contributed by atoms with van der Waals surface area (Å²) < 4.78 is 67.9. The molecule has 4 rings (SSSR count). The van der Waals surface area contributed by atoms with E-state index in [4.69, 9.17) is 0 Å². The summed E-state index contributed by atoms with van der Waals surface area (Å²) in [7, 11) is 0. The fourth-order valence-electron chi connectivity index (χ4n) is 3.69. The summed E-state index contributed by atoms with van der Waals surface area (Å²) in [6.45, 7) is 0. The molecule has 4 nitrogen and oxygen atoms in total. The Balaban J connectivity index is 1.97. The van der Waals surface area contributed by atoms with Gasteiger partial charge in [-0.15, -0.1) is 0 Å². The molecule has 0 aromatic heterocycles. The minimum absolute atomic E-state index is 0.0280. The van der Waals surface area contributed by atoms with Gasteiger partial charge in [0.05, 0.1) is 17.2 Å². The topological polar surface area (TPSA) is 57.6 Å². The molecule has 1 amide bonds. The Labute approximate surface area is 184 Å². The molecule has 1 saturated heterocycles. The fraction of sp³-hybridized carbons (Fsp3) is 0.0833. The molecule has 33 heavy (non-hydrogen) atoms. The number of carbonyl (C=O) groups is 2. The number of amides is 1. The third-order valence-electron chi connectivity index (χ3n) is 5.21. The molecule has 0 radical (unpaired) electrons. The monoisotopic (exact) mass is 459 g/mol. The van der Waals surface area contributed by atoms with Crippen LogP contribution < -0.4 is 4.90 Å². The summed E-state index contributed by atoms with van der Waals surface area (Å²) in [6, 6.07) is 11.5. The van der Waals surface area contributed by atoms with Gasteiger partial charge in [0.15, 0.2) is 0 Å². The van der Waals surface area contributed by atoms with Gasteiger partial charge >= 0.3 is 6.18 Å². The Morgan fingerprint density at radius 1 is 0.879 bits per heavy atom. The average molecular weight is 459 g/mol. The second-order valence-corrected chi connectivity index (χ2v) is 7.25. The van der Waals surface area contributed by atoms with Gasteiger partial charge in [-0.1, -0.05) is 24.3 Å². The van der Waals surface area contributed by atoms with E-state index >= 15 is 0 Å². The predicted molar refractivity (Wildman–Crippen MR) is 109 cm³/mol. The molecule has 1 aliphatic rings. The van der Waals surface area contributed by atoms with Crippen molar-refractivity contribution in [2.75, 3.05) is 4.90 Å². The number of rotatable bonds is 3. The second kappa shape index (κ2) is 8.16. The number of halogens is 5. The number of alkyl halides is 3. The van der Waals surface area contributed by atoms with Crippen molar-refractivity contribution >= 4 is 23.1 Å². The van der Waals surface area contributed by atoms with E-state index in [0.717, 1.165) is 42.5 Å². The van der Waals surface area contributed by atoms with E-state index in [-0.39, 0.29) is 16.8 Å². The molecule has 1 atom stereocenters. The van der Waals surface area contributed by atoms with Crippen LogP contribution in [0.5, 0.6) is 0 Å². The molecule has 1 fully saturated rings. The minimum Gasteiger partial charge on any atom is -0.507 e. The van der Waals surface area contributed by atoms with E-state index in [1.54, 1.807) is 0 Å². The first-order chi connectivity index (χ1) is 15.6. The van der Waals surface area contributed by atoms with Crippen LogP contribution in [0.3, 0.4) is 0 Å². The van der Waals surface area contributed by atoms with Gasteiger partial charge in [0.1, 0.15) is 17.4 Å². The highest BCUT2D eigenvalue weighted by Gasteiger charge is 2.48. The zero-order chi connectivity index (χ0) is 23.9. The van der Waals surface area contributed by atoms with Gasteiger partial charge in [0, 0.05) is 16.8 Å². The minimum atomic E-state index is -4.73. The SMILES string of the molecule is O=C1C(=O)N(c2cccc(C(F)(F)F)c2)[C@@H](c2ccccc2F)C1=C(O)c1ccc(F)cc1. The largest absolute Gasteiger partial charge is 0.507 e. The van der Waals surface area contributed by atoms with E-state index in [0.29, 0.717) is 11.0 Å². The highest BCUT2D eigenvalue weighted by atomic mass is 19.4. The van der Waals surface area contributed by atoms with Crippen LogP contribution in [0.1, 0.15) is 22.7 Å². The lowest BCUT2D eigenvalue weighted by Gasteiger charge is -2.26. The molecule has 0 aliphatic carbocycles. The Morgan fingerprint density at radius 2 is 1.55 bits per heavy atom. The molecule has 3 aromatic rings. The number of benzene rings is 3. The smallest absolute Gasteiger partial charge is 0.416 e. The maximum Gasteiger partial charge on any atom is 0.416 e. The standard InChI is InChI=1S/C24H14F5NO3/c25-15-10-8-13(9-11-15)21(31)19-20(17-6-1-2-7-18(17)26)30(23(33)22(19)32)16-5-3-4-14(12-16)24(27,28)29/h1-12,20,31H/t20-/m0/s1. The zero-order valence-corrected chi connectivity index (χ0v) is 16.6. The number of aliphatic hydroxyl groups is 1. The van der Waals surface area contributed by atoms with Crippen LogP contribution in [0.2, 0.25) is 0 Å². The van der Waals surface area contributed by atoms with E-state index in [1.807, 2.05) is 0 Å². The zero-order valence-electron chi connectivity index (χ0n) is 16.6. The Kier molecular flexibility index (Phi) is 5.49. The first-order valence-electron chi connectivity index (χ1n) is 9.58. The van der Waals surface area contributed by atoms with Crippen LogP contribution in [0.15, 0.2) is 78.4 Å². The number of aliphatic hydroxyl groups excluding tert-OH is 1. The lowest BCUT2D eigenvalue weighted by molar-refractivity contribution is -0.137. The van der Waals surface area contributed by atoms with E-state index < -0.39 is 52.4 Å². The predicted octanol–water partition coefficient (Wildman–Crippen LogP) is 5.61. The van der Waals surface area contributed by atoms with Crippen molar-refractivity contribution in [3.05, 3.63) is 107 Å². The fourth-order valence-corrected chi connectivity index (χ4v) is 3.69. The molecule has 0 bridgehead atoms. The third kappa shape index (κ3) is 3.97. The molecule has 0 spiro atoms. The molecular weight excluding hydrogens is 445 g/mol. The molecule has 0 saturated carbocycles. The number of nitrogens with zero attached hydrogens (tertiary/aromatic N) is 1. The van der Waals surface area contributed by atoms with Crippen molar-refractivity contribution in [1.29, 1.82) is 0 Å². The number of ketones is 1. The Bertz CT molecular complexity index is 1280. The van der Waals surface area contributed by atoms with Gasteiger partial charge in [-0.05, 0) is 48.5 Å². The summed E-state index contributed by atoms with van der Waals surface area (Å²) in [5.41, 5.74) is -2.15. The number of hydrogen-bond acceptors (Lipinski definition) is 3. The number of carbonyl (C=O) groups excluding carboxylic acids is 2. The van der Waals surface area contributed by atoms with Crippen molar-refractivity contribution in [1.82, 2.24) is 0 Å². The van der Waals surface area contributed by atoms with Gasteiger partial charge in [0.25, 0.3) is 11.7 Å². The van der Waals surface area contributed by atoms with Crippen LogP contribution in [-0.4, -0.2) is 16.8 Å². The van der Waals surface area contributed by atoms with E-state index in [2.05, 4.69) is 0 Å². The van der Waals surface area contributed by atoms with Crippen LogP contribution in [0.4, 0.5) is 27.6 Å². The molecule has 3 aromatic carbocycles. The van der Waals surface area contributed by atoms with Gasteiger partial charge in [-0.3, -0.25) is 14.5 Å². The first kappa shape index (κ1) is 22.2. The highest BCUT2D eigenvalue weighted by Crippen LogP contribution is 2.44. The second-order valence-electron chi connectivity index (χ2n) is 7.25. The Morgan fingerprint density at radius 3 is 2.18 bits per heavy atom.